The summed E-state index contributed by atoms with van der Waals surface area (Å²) in [7, 11) is 2.61. The largest absolute Gasteiger partial charge is 0.465 e. The van der Waals surface area contributed by atoms with Crippen molar-refractivity contribution in [3.63, 3.8) is 0 Å². The molecule has 88 valence electrons. The minimum atomic E-state index is -1.60. The molecule has 1 rings (SSSR count). The summed E-state index contributed by atoms with van der Waals surface area (Å²) in [6, 6.07) is 1.35. The molecule has 0 aliphatic heterocycles. The van der Waals surface area contributed by atoms with Crippen molar-refractivity contribution in [2.45, 2.75) is 6.36 Å². The minimum absolute atomic E-state index is 0.146. The summed E-state index contributed by atoms with van der Waals surface area (Å²) in [5.74, 6) is -0.410. The smallest absolute Gasteiger partial charge is 0.339 e. The number of aromatic nitrogens is 1. The monoisotopic (exact) mass is 229 g/mol. The molecule has 6 heteroatoms. The Labute approximate surface area is 92.1 Å². The Hall–Kier alpha value is -1.69. The predicted molar refractivity (Wildman–Crippen MR) is 53.0 cm³/mol. The first-order valence-electron chi connectivity index (χ1n) is 4.50. The van der Waals surface area contributed by atoms with Crippen molar-refractivity contribution in [3.05, 3.63) is 24.0 Å². The molecule has 1 aromatic heterocycles. The van der Waals surface area contributed by atoms with Crippen LogP contribution in [0.4, 0.5) is 4.39 Å². The van der Waals surface area contributed by atoms with E-state index in [9.17, 15) is 9.18 Å². The van der Waals surface area contributed by atoms with E-state index in [4.69, 9.17) is 4.74 Å². The highest BCUT2D eigenvalue weighted by Crippen LogP contribution is 2.14. The van der Waals surface area contributed by atoms with Crippen LogP contribution in [0.1, 0.15) is 10.4 Å². The van der Waals surface area contributed by atoms with Gasteiger partial charge in [0.05, 0.1) is 18.9 Å². The van der Waals surface area contributed by atoms with Crippen molar-refractivity contribution >= 4 is 5.97 Å². The van der Waals surface area contributed by atoms with Gasteiger partial charge in [0.15, 0.2) is 0 Å². The highest BCUT2D eigenvalue weighted by molar-refractivity contribution is 5.89. The molecule has 0 radical (unpaired) electrons. The van der Waals surface area contributed by atoms with Crippen molar-refractivity contribution in [2.24, 2.45) is 0 Å². The summed E-state index contributed by atoms with van der Waals surface area (Å²) in [6.45, 7) is -0.192. The Kier molecular flexibility index (Phi) is 4.65. The quantitative estimate of drug-likeness (QED) is 0.710. The van der Waals surface area contributed by atoms with Gasteiger partial charge in [-0.3, -0.25) is 4.98 Å². The average molecular weight is 229 g/mol. The van der Waals surface area contributed by atoms with Crippen molar-refractivity contribution in [3.8, 4) is 5.75 Å². The zero-order valence-electron chi connectivity index (χ0n) is 8.97. The van der Waals surface area contributed by atoms with E-state index in [1.54, 1.807) is 0 Å². The Morgan fingerprint density at radius 2 is 2.25 bits per heavy atom. The summed E-state index contributed by atoms with van der Waals surface area (Å²) in [5.41, 5.74) is 0.199. The zero-order chi connectivity index (χ0) is 12.0. The van der Waals surface area contributed by atoms with Crippen LogP contribution in [-0.2, 0) is 9.47 Å². The number of rotatable bonds is 5. The van der Waals surface area contributed by atoms with Gasteiger partial charge in [0.25, 0.3) is 6.36 Å². The summed E-state index contributed by atoms with van der Waals surface area (Å²) >= 11 is 0. The van der Waals surface area contributed by atoms with Crippen LogP contribution in [0.25, 0.3) is 0 Å². The van der Waals surface area contributed by atoms with Gasteiger partial charge in [0, 0.05) is 13.3 Å². The second-order valence-electron chi connectivity index (χ2n) is 2.88. The number of pyridine rings is 1. The van der Waals surface area contributed by atoms with E-state index in [0.29, 0.717) is 0 Å². The molecule has 0 saturated heterocycles. The van der Waals surface area contributed by atoms with Gasteiger partial charge in [0.1, 0.15) is 12.4 Å². The van der Waals surface area contributed by atoms with Gasteiger partial charge >= 0.3 is 5.97 Å². The third-order valence-corrected chi connectivity index (χ3v) is 1.70. The van der Waals surface area contributed by atoms with Crippen LogP contribution in [0.2, 0.25) is 0 Å². The fraction of sp³-hybridized carbons (Fsp3) is 0.400. The van der Waals surface area contributed by atoms with E-state index in [-0.39, 0.29) is 17.9 Å². The lowest BCUT2D eigenvalue weighted by Crippen LogP contribution is -2.16. The summed E-state index contributed by atoms with van der Waals surface area (Å²) in [5, 5.41) is 0. The maximum absolute atomic E-state index is 13.0. The molecule has 0 spiro atoms. The maximum Gasteiger partial charge on any atom is 0.339 e. The number of halogens is 1. The van der Waals surface area contributed by atoms with Gasteiger partial charge in [-0.15, -0.1) is 0 Å². The number of alkyl halides is 1. The third-order valence-electron chi connectivity index (χ3n) is 1.70. The van der Waals surface area contributed by atoms with Gasteiger partial charge in [0.2, 0.25) is 0 Å². The molecule has 5 nitrogen and oxygen atoms in total. The molecule has 0 bridgehead atoms. The van der Waals surface area contributed by atoms with Crippen LogP contribution in [0, 0.1) is 0 Å². The molecular weight excluding hydrogens is 217 g/mol. The van der Waals surface area contributed by atoms with Crippen molar-refractivity contribution in [1.29, 1.82) is 0 Å². The molecule has 1 atom stereocenters. The number of hydrogen-bond donors (Lipinski definition) is 0. The Bertz CT molecular complexity index is 358. The van der Waals surface area contributed by atoms with Gasteiger partial charge in [-0.1, -0.05) is 0 Å². The molecule has 1 heterocycles. The van der Waals surface area contributed by atoms with E-state index in [1.807, 2.05) is 0 Å². The van der Waals surface area contributed by atoms with E-state index >= 15 is 0 Å². The molecular formula is C10H12FNO4. The topological polar surface area (TPSA) is 57.7 Å². The Balaban J connectivity index is 2.70. The van der Waals surface area contributed by atoms with Gasteiger partial charge in [-0.05, 0) is 6.07 Å². The number of esters is 1. The van der Waals surface area contributed by atoms with Crippen molar-refractivity contribution in [2.75, 3.05) is 20.8 Å². The van der Waals surface area contributed by atoms with E-state index in [2.05, 4.69) is 14.5 Å². The zero-order valence-corrected chi connectivity index (χ0v) is 8.97. The molecule has 0 amide bonds. The minimum Gasteiger partial charge on any atom is -0.465 e. The molecule has 1 aromatic rings. The third kappa shape index (κ3) is 3.47. The van der Waals surface area contributed by atoms with Crippen molar-refractivity contribution in [1.82, 2.24) is 4.98 Å². The number of carbonyl (C=O) groups excluding carboxylic acids is 1. The summed E-state index contributed by atoms with van der Waals surface area (Å²) < 4.78 is 26.9. The molecule has 1 unspecified atom stereocenters. The standard InChI is InChI=1S/C10H12FNO4/c1-14-6-9(11)16-8-3-7(4-12-5-8)10(13)15-2/h3-5,9H,6H2,1-2H3. The lowest BCUT2D eigenvalue weighted by molar-refractivity contribution is -0.00480. The molecule has 0 aromatic carbocycles. The van der Waals surface area contributed by atoms with E-state index in [1.165, 1.54) is 32.7 Å². The second-order valence-corrected chi connectivity index (χ2v) is 2.88. The lowest BCUT2D eigenvalue weighted by atomic mass is 10.3. The number of methoxy groups -OCH3 is 2. The highest BCUT2D eigenvalue weighted by atomic mass is 19.1. The van der Waals surface area contributed by atoms with Crippen LogP contribution in [0.15, 0.2) is 18.5 Å². The normalized spacial score (nSPS) is 11.9. The van der Waals surface area contributed by atoms with Gasteiger partial charge < -0.3 is 14.2 Å². The first-order chi connectivity index (χ1) is 7.67. The number of ether oxygens (including phenoxy) is 3. The van der Waals surface area contributed by atoms with Gasteiger partial charge in [-0.2, -0.15) is 4.39 Å². The van der Waals surface area contributed by atoms with Crippen LogP contribution < -0.4 is 4.74 Å². The fourth-order valence-corrected chi connectivity index (χ4v) is 1.03. The highest BCUT2D eigenvalue weighted by Gasteiger charge is 2.11. The molecule has 0 aliphatic rings. The fourth-order valence-electron chi connectivity index (χ4n) is 1.03. The average Bonchev–Trinajstić information content (AvgIpc) is 2.28. The van der Waals surface area contributed by atoms with Crippen LogP contribution >= 0.6 is 0 Å². The van der Waals surface area contributed by atoms with E-state index < -0.39 is 12.3 Å². The number of carbonyl (C=O) groups is 1. The van der Waals surface area contributed by atoms with Crippen molar-refractivity contribution < 1.29 is 23.4 Å². The first kappa shape index (κ1) is 12.4. The number of hydrogen-bond acceptors (Lipinski definition) is 5. The predicted octanol–water partition coefficient (Wildman–Crippen LogP) is 1.19. The van der Waals surface area contributed by atoms with Crippen LogP contribution in [0.3, 0.4) is 0 Å². The lowest BCUT2D eigenvalue weighted by Gasteiger charge is -2.10. The maximum atomic E-state index is 13.0. The van der Waals surface area contributed by atoms with Crippen LogP contribution in [0.5, 0.6) is 5.75 Å². The molecule has 0 aliphatic carbocycles. The Morgan fingerprint density at radius 1 is 1.50 bits per heavy atom. The second kappa shape index (κ2) is 6.02. The molecule has 0 fully saturated rings. The summed E-state index contributed by atoms with van der Waals surface area (Å²) in [4.78, 5) is 14.9. The molecule has 16 heavy (non-hydrogen) atoms. The van der Waals surface area contributed by atoms with Gasteiger partial charge in [-0.25, -0.2) is 4.79 Å². The SMILES string of the molecule is COCC(F)Oc1cncc(C(=O)OC)c1. The molecule has 0 saturated carbocycles. The Morgan fingerprint density at radius 3 is 2.88 bits per heavy atom. The molecule has 0 N–H and O–H groups in total. The first-order valence-corrected chi connectivity index (χ1v) is 4.50. The number of nitrogens with zero attached hydrogens (tertiary/aromatic N) is 1. The summed E-state index contributed by atoms with van der Waals surface area (Å²) in [6.07, 6.45) is 1.01. The van der Waals surface area contributed by atoms with E-state index in [0.717, 1.165) is 0 Å². The van der Waals surface area contributed by atoms with Crippen LogP contribution in [-0.4, -0.2) is 38.1 Å².